The summed E-state index contributed by atoms with van der Waals surface area (Å²) in [4.78, 5) is 2.10. The predicted molar refractivity (Wildman–Crippen MR) is 64.1 cm³/mol. The van der Waals surface area contributed by atoms with E-state index < -0.39 is 5.60 Å². The van der Waals surface area contributed by atoms with Crippen LogP contribution in [0.3, 0.4) is 0 Å². The number of nitrogens with zero attached hydrogens (tertiary/aromatic N) is 2. The molecule has 1 aliphatic carbocycles. The number of hydrogen-bond acceptors (Lipinski definition) is 3. The van der Waals surface area contributed by atoms with E-state index in [1.807, 2.05) is 6.07 Å². The monoisotopic (exact) mass is 246 g/mol. The van der Waals surface area contributed by atoms with Gasteiger partial charge in [0.15, 0.2) is 0 Å². The maximum absolute atomic E-state index is 13.0. The third-order valence-electron chi connectivity index (χ3n) is 3.92. The average molecular weight is 246 g/mol. The Bertz CT molecular complexity index is 513. The Balaban J connectivity index is 1.66. The van der Waals surface area contributed by atoms with Gasteiger partial charge in [0.05, 0.1) is 17.2 Å². The largest absolute Gasteiger partial charge is 0.387 e. The van der Waals surface area contributed by atoms with Crippen LogP contribution >= 0.6 is 0 Å². The molecule has 18 heavy (non-hydrogen) atoms. The fraction of sp³-hybridized carbons (Fsp3) is 0.500. The van der Waals surface area contributed by atoms with Crippen molar-refractivity contribution < 1.29 is 9.50 Å². The van der Waals surface area contributed by atoms with E-state index in [-0.39, 0.29) is 5.82 Å². The van der Waals surface area contributed by atoms with Crippen molar-refractivity contribution in [2.24, 2.45) is 5.92 Å². The second-order valence-corrected chi connectivity index (χ2v) is 5.44. The number of rotatable bonds is 3. The van der Waals surface area contributed by atoms with E-state index in [4.69, 9.17) is 5.26 Å². The van der Waals surface area contributed by atoms with Gasteiger partial charge >= 0.3 is 0 Å². The molecule has 1 saturated heterocycles. The molecular weight excluding hydrogens is 231 g/mol. The summed E-state index contributed by atoms with van der Waals surface area (Å²) in [6.07, 6.45) is 2.26. The highest BCUT2D eigenvalue weighted by Crippen LogP contribution is 2.44. The van der Waals surface area contributed by atoms with Crippen molar-refractivity contribution in [2.75, 3.05) is 13.1 Å². The maximum atomic E-state index is 13.0. The zero-order valence-electron chi connectivity index (χ0n) is 10.1. The van der Waals surface area contributed by atoms with Crippen LogP contribution in [0.15, 0.2) is 18.2 Å². The van der Waals surface area contributed by atoms with E-state index in [1.54, 1.807) is 6.07 Å². The molecule has 0 atom stereocenters. The predicted octanol–water partition coefficient (Wildman–Crippen LogP) is 1.65. The first-order valence-electron chi connectivity index (χ1n) is 6.24. The van der Waals surface area contributed by atoms with Crippen molar-refractivity contribution in [3.8, 4) is 6.07 Å². The summed E-state index contributed by atoms with van der Waals surface area (Å²) in [5.74, 6) is 0.0887. The quantitative estimate of drug-likeness (QED) is 0.882. The SMILES string of the molecule is N#Cc1cc(F)ccc1CN1CC(O)(C2CC2)C1. The Kier molecular flexibility index (Phi) is 2.61. The number of nitriles is 1. The lowest BCUT2D eigenvalue weighted by molar-refractivity contribution is -0.116. The topological polar surface area (TPSA) is 47.3 Å². The standard InChI is InChI=1S/C14H15FN2O/c15-13-4-1-10(11(5-13)6-16)7-17-8-14(18,9-17)12-2-3-12/h1,4-5,12,18H,2-3,7-9H2. The molecule has 4 heteroatoms. The number of benzene rings is 1. The van der Waals surface area contributed by atoms with Crippen molar-refractivity contribution in [3.63, 3.8) is 0 Å². The van der Waals surface area contributed by atoms with Crippen LogP contribution < -0.4 is 0 Å². The molecule has 2 fully saturated rings. The smallest absolute Gasteiger partial charge is 0.124 e. The lowest BCUT2D eigenvalue weighted by atomic mass is 9.88. The lowest BCUT2D eigenvalue weighted by Crippen LogP contribution is -2.62. The molecule has 0 unspecified atom stereocenters. The highest BCUT2D eigenvalue weighted by atomic mass is 19.1. The van der Waals surface area contributed by atoms with Gasteiger partial charge in [-0.1, -0.05) is 6.07 Å². The molecule has 0 spiro atoms. The molecular formula is C14H15FN2O. The fourth-order valence-electron chi connectivity index (χ4n) is 2.75. The minimum Gasteiger partial charge on any atom is -0.387 e. The molecule has 2 aliphatic rings. The molecule has 94 valence electrons. The highest BCUT2D eigenvalue weighted by Gasteiger charge is 2.51. The van der Waals surface area contributed by atoms with Gasteiger partial charge in [-0.2, -0.15) is 5.26 Å². The number of halogens is 1. The summed E-state index contributed by atoms with van der Waals surface area (Å²) in [5, 5.41) is 19.2. The van der Waals surface area contributed by atoms with E-state index >= 15 is 0 Å². The molecule has 3 rings (SSSR count). The molecule has 0 aromatic heterocycles. The molecule has 1 heterocycles. The Morgan fingerprint density at radius 2 is 2.17 bits per heavy atom. The first-order valence-corrected chi connectivity index (χ1v) is 6.24. The molecule has 0 amide bonds. The first-order chi connectivity index (χ1) is 8.60. The minimum atomic E-state index is -0.507. The Labute approximate surface area is 105 Å². The van der Waals surface area contributed by atoms with Crippen molar-refractivity contribution >= 4 is 0 Å². The van der Waals surface area contributed by atoms with Crippen molar-refractivity contribution in [2.45, 2.75) is 25.0 Å². The van der Waals surface area contributed by atoms with Crippen molar-refractivity contribution in [1.29, 1.82) is 5.26 Å². The first kappa shape index (κ1) is 11.6. The van der Waals surface area contributed by atoms with Gasteiger partial charge in [0.2, 0.25) is 0 Å². The lowest BCUT2D eigenvalue weighted by Gasteiger charge is -2.47. The van der Waals surface area contributed by atoms with Crippen LogP contribution in [0.1, 0.15) is 24.0 Å². The van der Waals surface area contributed by atoms with E-state index in [2.05, 4.69) is 4.90 Å². The van der Waals surface area contributed by atoms with Crippen LogP contribution in [0.5, 0.6) is 0 Å². The molecule has 0 radical (unpaired) electrons. The van der Waals surface area contributed by atoms with Gasteiger partial charge < -0.3 is 5.11 Å². The van der Waals surface area contributed by atoms with Gasteiger partial charge in [-0.15, -0.1) is 0 Å². The summed E-state index contributed by atoms with van der Waals surface area (Å²) in [6.45, 7) is 1.94. The van der Waals surface area contributed by atoms with Gasteiger partial charge in [0, 0.05) is 19.6 Å². The third-order valence-corrected chi connectivity index (χ3v) is 3.92. The molecule has 1 aliphatic heterocycles. The summed E-state index contributed by atoms with van der Waals surface area (Å²) < 4.78 is 13.0. The van der Waals surface area contributed by atoms with Gasteiger partial charge in [0.1, 0.15) is 5.82 Å². The molecule has 1 N–H and O–H groups in total. The molecule has 1 aromatic carbocycles. The Hall–Kier alpha value is -1.44. The zero-order chi connectivity index (χ0) is 12.8. The number of hydrogen-bond donors (Lipinski definition) is 1. The maximum Gasteiger partial charge on any atom is 0.124 e. The Morgan fingerprint density at radius 1 is 1.44 bits per heavy atom. The van der Waals surface area contributed by atoms with Crippen molar-refractivity contribution in [3.05, 3.63) is 35.1 Å². The summed E-state index contributed by atoms with van der Waals surface area (Å²) in [7, 11) is 0. The molecule has 3 nitrogen and oxygen atoms in total. The molecule has 1 saturated carbocycles. The van der Waals surface area contributed by atoms with Crippen LogP contribution in [0.4, 0.5) is 4.39 Å². The van der Waals surface area contributed by atoms with Gasteiger partial charge in [0.25, 0.3) is 0 Å². The van der Waals surface area contributed by atoms with Gasteiger partial charge in [-0.05, 0) is 36.5 Å². The second-order valence-electron chi connectivity index (χ2n) is 5.44. The van der Waals surface area contributed by atoms with Crippen LogP contribution in [-0.2, 0) is 6.54 Å². The van der Waals surface area contributed by atoms with E-state index in [9.17, 15) is 9.50 Å². The number of β-amino-alcohol motifs (C(OH)–C–C–N with tert-alkyl or cyclic N) is 1. The van der Waals surface area contributed by atoms with Gasteiger partial charge in [-0.25, -0.2) is 4.39 Å². The molecule has 1 aromatic rings. The summed E-state index contributed by atoms with van der Waals surface area (Å²) in [5.41, 5.74) is 0.709. The van der Waals surface area contributed by atoms with Crippen LogP contribution in [0.25, 0.3) is 0 Å². The number of aliphatic hydroxyl groups is 1. The van der Waals surface area contributed by atoms with Crippen LogP contribution in [0.2, 0.25) is 0 Å². The normalized spacial score (nSPS) is 22.3. The van der Waals surface area contributed by atoms with E-state index in [0.717, 1.165) is 18.4 Å². The highest BCUT2D eigenvalue weighted by molar-refractivity contribution is 5.38. The molecule has 0 bridgehead atoms. The van der Waals surface area contributed by atoms with E-state index in [1.165, 1.54) is 12.1 Å². The Morgan fingerprint density at radius 3 is 2.78 bits per heavy atom. The van der Waals surface area contributed by atoms with Gasteiger partial charge in [-0.3, -0.25) is 4.90 Å². The minimum absolute atomic E-state index is 0.381. The average Bonchev–Trinajstić information content (AvgIpc) is 3.13. The van der Waals surface area contributed by atoms with E-state index in [0.29, 0.717) is 31.1 Å². The zero-order valence-corrected chi connectivity index (χ0v) is 10.1. The van der Waals surface area contributed by atoms with Crippen molar-refractivity contribution in [1.82, 2.24) is 4.90 Å². The summed E-state index contributed by atoms with van der Waals surface area (Å²) >= 11 is 0. The fourth-order valence-corrected chi connectivity index (χ4v) is 2.75. The second kappa shape index (κ2) is 4.04. The summed E-state index contributed by atoms with van der Waals surface area (Å²) in [6, 6.07) is 6.32. The van der Waals surface area contributed by atoms with Crippen LogP contribution in [0, 0.1) is 23.1 Å². The van der Waals surface area contributed by atoms with Crippen LogP contribution in [-0.4, -0.2) is 28.7 Å². The third kappa shape index (κ3) is 2.00. The number of likely N-dealkylation sites (tertiary alicyclic amines) is 1.